The van der Waals surface area contributed by atoms with E-state index in [1.54, 1.807) is 26.4 Å². The van der Waals surface area contributed by atoms with E-state index in [9.17, 15) is 0 Å². The lowest BCUT2D eigenvalue weighted by Crippen LogP contribution is -2.15. The Labute approximate surface area is 134 Å². The second-order valence-corrected chi connectivity index (χ2v) is 5.43. The van der Waals surface area contributed by atoms with Gasteiger partial charge in [0.1, 0.15) is 11.5 Å². The van der Waals surface area contributed by atoms with E-state index >= 15 is 0 Å². The highest BCUT2D eigenvalue weighted by Crippen LogP contribution is 2.33. The number of nitrogens with two attached hydrogens (primary N) is 1. The van der Waals surface area contributed by atoms with Gasteiger partial charge in [0.25, 0.3) is 0 Å². The molecule has 0 radical (unpaired) electrons. The second-order valence-electron chi connectivity index (χ2n) is 4.62. The Balaban J connectivity index is 2.33. The number of rotatable bonds is 5. The first-order valence-electron chi connectivity index (χ1n) is 6.47. The zero-order valence-electron chi connectivity index (χ0n) is 11.9. The van der Waals surface area contributed by atoms with Crippen LogP contribution >= 0.6 is 23.2 Å². The average molecular weight is 326 g/mol. The molecule has 0 heterocycles. The minimum absolute atomic E-state index is 0.299. The van der Waals surface area contributed by atoms with Crippen LogP contribution in [0.25, 0.3) is 0 Å². The Hall–Kier alpha value is -1.42. The fourth-order valence-corrected chi connectivity index (χ4v) is 2.74. The molecule has 3 nitrogen and oxygen atoms in total. The molecule has 2 rings (SSSR count). The van der Waals surface area contributed by atoms with Crippen molar-refractivity contribution in [3.63, 3.8) is 0 Å². The van der Waals surface area contributed by atoms with E-state index in [1.165, 1.54) is 0 Å². The van der Waals surface area contributed by atoms with Crippen LogP contribution in [0.5, 0.6) is 11.5 Å². The smallest absolute Gasteiger partial charge is 0.123 e. The van der Waals surface area contributed by atoms with Gasteiger partial charge >= 0.3 is 0 Å². The SMILES string of the molecule is COc1ccc(OC)c(C(N)Cc2c(Cl)cccc2Cl)c1. The molecule has 0 fully saturated rings. The summed E-state index contributed by atoms with van der Waals surface area (Å²) in [7, 11) is 3.22. The summed E-state index contributed by atoms with van der Waals surface area (Å²) in [6.07, 6.45) is 0.516. The molecule has 0 aromatic heterocycles. The third-order valence-electron chi connectivity index (χ3n) is 3.32. The fourth-order valence-electron chi connectivity index (χ4n) is 2.19. The molecule has 0 aliphatic carbocycles. The summed E-state index contributed by atoms with van der Waals surface area (Å²) in [6.45, 7) is 0. The van der Waals surface area contributed by atoms with Gasteiger partial charge in [0.15, 0.2) is 0 Å². The molecule has 1 unspecified atom stereocenters. The zero-order valence-corrected chi connectivity index (χ0v) is 13.4. The first-order chi connectivity index (χ1) is 10.1. The Morgan fingerprint density at radius 3 is 2.29 bits per heavy atom. The zero-order chi connectivity index (χ0) is 15.4. The summed E-state index contributed by atoms with van der Waals surface area (Å²) in [5.74, 6) is 1.44. The Bertz CT molecular complexity index is 611. The summed E-state index contributed by atoms with van der Waals surface area (Å²) >= 11 is 12.4. The third kappa shape index (κ3) is 3.62. The highest BCUT2D eigenvalue weighted by molar-refractivity contribution is 6.36. The molecule has 5 heteroatoms. The van der Waals surface area contributed by atoms with Gasteiger partial charge in [0.05, 0.1) is 14.2 Å². The predicted octanol–water partition coefficient (Wildman–Crippen LogP) is 4.25. The number of hydrogen-bond donors (Lipinski definition) is 1. The molecule has 21 heavy (non-hydrogen) atoms. The van der Waals surface area contributed by atoms with Gasteiger partial charge in [-0.05, 0) is 42.3 Å². The van der Waals surface area contributed by atoms with Crippen molar-refractivity contribution in [2.75, 3.05) is 14.2 Å². The van der Waals surface area contributed by atoms with Gasteiger partial charge in [-0.2, -0.15) is 0 Å². The Morgan fingerprint density at radius 2 is 1.71 bits per heavy atom. The highest BCUT2D eigenvalue weighted by atomic mass is 35.5. The van der Waals surface area contributed by atoms with Crippen molar-refractivity contribution < 1.29 is 9.47 Å². The molecule has 112 valence electrons. The largest absolute Gasteiger partial charge is 0.497 e. The molecule has 0 saturated carbocycles. The van der Waals surface area contributed by atoms with Gasteiger partial charge in [0.2, 0.25) is 0 Å². The van der Waals surface area contributed by atoms with Crippen molar-refractivity contribution in [2.24, 2.45) is 5.73 Å². The van der Waals surface area contributed by atoms with Crippen molar-refractivity contribution in [3.05, 3.63) is 57.6 Å². The van der Waals surface area contributed by atoms with E-state index in [2.05, 4.69) is 0 Å². The molecule has 0 spiro atoms. The molecule has 0 aliphatic heterocycles. The molecule has 2 N–H and O–H groups in total. The Kier molecular flexibility index (Phi) is 5.34. The minimum Gasteiger partial charge on any atom is -0.497 e. The van der Waals surface area contributed by atoms with Crippen LogP contribution in [0.4, 0.5) is 0 Å². The summed E-state index contributed by atoms with van der Waals surface area (Å²) in [6, 6.07) is 10.7. The monoisotopic (exact) mass is 325 g/mol. The molecular weight excluding hydrogens is 309 g/mol. The van der Waals surface area contributed by atoms with E-state index in [-0.39, 0.29) is 6.04 Å². The summed E-state index contributed by atoms with van der Waals surface area (Å²) in [4.78, 5) is 0. The molecule has 0 aliphatic rings. The average Bonchev–Trinajstić information content (AvgIpc) is 2.50. The third-order valence-corrected chi connectivity index (χ3v) is 4.03. The molecule has 0 amide bonds. The molecular formula is C16H17Cl2NO2. The maximum atomic E-state index is 6.31. The number of hydrogen-bond acceptors (Lipinski definition) is 3. The van der Waals surface area contributed by atoms with E-state index in [1.807, 2.05) is 24.3 Å². The Morgan fingerprint density at radius 1 is 1.05 bits per heavy atom. The number of benzene rings is 2. The lowest BCUT2D eigenvalue weighted by atomic mass is 9.98. The molecule has 1 atom stereocenters. The second kappa shape index (κ2) is 7.03. The van der Waals surface area contributed by atoms with Crippen LogP contribution in [0.3, 0.4) is 0 Å². The number of ether oxygens (including phenoxy) is 2. The standard InChI is InChI=1S/C16H17Cl2NO2/c1-20-10-6-7-16(21-2)12(8-10)15(19)9-11-13(17)4-3-5-14(11)18/h3-8,15H,9,19H2,1-2H3. The van der Waals surface area contributed by atoms with Crippen LogP contribution < -0.4 is 15.2 Å². The van der Waals surface area contributed by atoms with Gasteiger partial charge in [0, 0.05) is 21.7 Å². The summed E-state index contributed by atoms with van der Waals surface area (Å²) in [5.41, 5.74) is 8.00. The topological polar surface area (TPSA) is 44.5 Å². The van der Waals surface area contributed by atoms with Gasteiger partial charge in [-0.25, -0.2) is 0 Å². The maximum Gasteiger partial charge on any atom is 0.123 e. The first-order valence-corrected chi connectivity index (χ1v) is 7.22. The van der Waals surface area contributed by atoms with Crippen LogP contribution in [0.15, 0.2) is 36.4 Å². The van der Waals surface area contributed by atoms with Crippen LogP contribution in [0.2, 0.25) is 10.0 Å². The van der Waals surface area contributed by atoms with Gasteiger partial charge in [-0.15, -0.1) is 0 Å². The van der Waals surface area contributed by atoms with Gasteiger partial charge in [-0.3, -0.25) is 0 Å². The van der Waals surface area contributed by atoms with Crippen molar-refractivity contribution in [1.82, 2.24) is 0 Å². The van der Waals surface area contributed by atoms with E-state index in [0.717, 1.165) is 16.9 Å². The van der Waals surface area contributed by atoms with Crippen LogP contribution in [0.1, 0.15) is 17.2 Å². The van der Waals surface area contributed by atoms with E-state index < -0.39 is 0 Å². The molecule has 2 aromatic rings. The summed E-state index contributed by atoms with van der Waals surface area (Å²) in [5, 5.41) is 1.22. The van der Waals surface area contributed by atoms with Crippen LogP contribution in [-0.4, -0.2) is 14.2 Å². The van der Waals surface area contributed by atoms with Crippen molar-refractivity contribution in [2.45, 2.75) is 12.5 Å². The van der Waals surface area contributed by atoms with E-state index in [0.29, 0.717) is 22.2 Å². The van der Waals surface area contributed by atoms with Crippen LogP contribution in [-0.2, 0) is 6.42 Å². The quantitative estimate of drug-likeness (QED) is 0.893. The molecule has 0 saturated heterocycles. The number of halogens is 2. The highest BCUT2D eigenvalue weighted by Gasteiger charge is 2.17. The van der Waals surface area contributed by atoms with Crippen molar-refractivity contribution in [1.29, 1.82) is 0 Å². The van der Waals surface area contributed by atoms with Crippen molar-refractivity contribution in [3.8, 4) is 11.5 Å². The molecule has 2 aromatic carbocycles. The minimum atomic E-state index is -0.299. The van der Waals surface area contributed by atoms with Gasteiger partial charge < -0.3 is 15.2 Å². The first kappa shape index (κ1) is 16.0. The van der Waals surface area contributed by atoms with Gasteiger partial charge in [-0.1, -0.05) is 29.3 Å². The van der Waals surface area contributed by atoms with Crippen molar-refractivity contribution >= 4 is 23.2 Å². The summed E-state index contributed by atoms with van der Waals surface area (Å²) < 4.78 is 10.6. The normalized spacial score (nSPS) is 12.0. The maximum absolute atomic E-state index is 6.31. The number of methoxy groups -OCH3 is 2. The fraction of sp³-hybridized carbons (Fsp3) is 0.250. The predicted molar refractivity (Wildman–Crippen MR) is 86.6 cm³/mol. The lowest BCUT2D eigenvalue weighted by Gasteiger charge is -2.18. The van der Waals surface area contributed by atoms with E-state index in [4.69, 9.17) is 38.4 Å². The van der Waals surface area contributed by atoms with Crippen LogP contribution in [0, 0.1) is 0 Å². The molecule has 0 bridgehead atoms. The lowest BCUT2D eigenvalue weighted by molar-refractivity contribution is 0.395.